The standard InChI is InChI=1S/C22H29ClN4OS/c1-15(2)27-19(24-25-21(27)29)16-8-12-26(13-9-16)20(28)22(10-3-4-11-22)17-6-5-7-18(23)14-17/h5-7,14-16H,3-4,8-13H2,1-2H3,(H,25,29). The Balaban J connectivity index is 1.52. The number of nitrogens with one attached hydrogen (secondary N) is 1. The molecule has 5 nitrogen and oxygen atoms in total. The van der Waals surface area contributed by atoms with Crippen molar-refractivity contribution in [1.29, 1.82) is 0 Å². The molecule has 4 rings (SSSR count). The van der Waals surface area contributed by atoms with Gasteiger partial charge >= 0.3 is 0 Å². The largest absolute Gasteiger partial charge is 0.342 e. The summed E-state index contributed by atoms with van der Waals surface area (Å²) in [7, 11) is 0. The number of aromatic nitrogens is 3. The third-order valence-corrected chi connectivity index (χ3v) is 7.16. The fourth-order valence-corrected chi connectivity index (χ4v) is 5.68. The van der Waals surface area contributed by atoms with E-state index in [0.717, 1.165) is 63.0 Å². The van der Waals surface area contributed by atoms with Crippen molar-refractivity contribution < 1.29 is 4.79 Å². The molecule has 2 aromatic rings. The highest BCUT2D eigenvalue weighted by Gasteiger charge is 2.45. The molecular formula is C22H29ClN4OS. The summed E-state index contributed by atoms with van der Waals surface area (Å²) in [5.41, 5.74) is 0.672. The molecule has 1 aliphatic carbocycles. The van der Waals surface area contributed by atoms with Crippen molar-refractivity contribution in [2.24, 2.45) is 0 Å². The molecule has 1 saturated carbocycles. The van der Waals surface area contributed by atoms with Gasteiger partial charge < -0.3 is 9.47 Å². The number of amides is 1. The summed E-state index contributed by atoms with van der Waals surface area (Å²) in [6.07, 6.45) is 5.86. The molecule has 0 spiro atoms. The number of aromatic amines is 1. The average Bonchev–Trinajstić information content (AvgIpc) is 3.35. The van der Waals surface area contributed by atoms with Crippen LogP contribution in [0.1, 0.15) is 75.7 Å². The Bertz CT molecular complexity index is 936. The zero-order valence-corrected chi connectivity index (χ0v) is 18.7. The molecule has 1 saturated heterocycles. The van der Waals surface area contributed by atoms with Crippen molar-refractivity contribution in [1.82, 2.24) is 19.7 Å². The Labute approximate surface area is 182 Å². The minimum Gasteiger partial charge on any atom is -0.342 e. The highest BCUT2D eigenvalue weighted by atomic mass is 35.5. The van der Waals surface area contributed by atoms with Gasteiger partial charge in [0.25, 0.3) is 0 Å². The van der Waals surface area contributed by atoms with Gasteiger partial charge in [0, 0.05) is 30.1 Å². The van der Waals surface area contributed by atoms with Gasteiger partial charge in [-0.3, -0.25) is 9.89 Å². The maximum Gasteiger partial charge on any atom is 0.233 e. The minimum atomic E-state index is -0.407. The molecule has 0 radical (unpaired) electrons. The van der Waals surface area contributed by atoms with E-state index in [1.807, 2.05) is 18.2 Å². The lowest BCUT2D eigenvalue weighted by Gasteiger charge is -2.38. The number of likely N-dealkylation sites (tertiary alicyclic amines) is 1. The van der Waals surface area contributed by atoms with E-state index < -0.39 is 5.41 Å². The van der Waals surface area contributed by atoms with Crippen molar-refractivity contribution in [3.8, 4) is 0 Å². The highest BCUT2D eigenvalue weighted by Crippen LogP contribution is 2.44. The first kappa shape index (κ1) is 20.6. The number of H-pyrrole nitrogens is 1. The number of benzene rings is 1. The molecule has 156 valence electrons. The van der Waals surface area contributed by atoms with Crippen LogP contribution in [0.15, 0.2) is 24.3 Å². The van der Waals surface area contributed by atoms with E-state index in [9.17, 15) is 4.79 Å². The second-order valence-corrected chi connectivity index (χ2v) is 9.54. The summed E-state index contributed by atoms with van der Waals surface area (Å²) in [4.78, 5) is 15.8. The molecule has 0 unspecified atom stereocenters. The smallest absolute Gasteiger partial charge is 0.233 e. The van der Waals surface area contributed by atoms with Crippen molar-refractivity contribution >= 4 is 29.7 Å². The van der Waals surface area contributed by atoms with Gasteiger partial charge in [-0.25, -0.2) is 0 Å². The van der Waals surface area contributed by atoms with Gasteiger partial charge in [0.05, 0.1) is 5.41 Å². The maximum absolute atomic E-state index is 13.7. The summed E-state index contributed by atoms with van der Waals surface area (Å²) < 4.78 is 2.79. The van der Waals surface area contributed by atoms with Gasteiger partial charge in [0.15, 0.2) is 4.77 Å². The normalized spacial score (nSPS) is 19.8. The first-order valence-corrected chi connectivity index (χ1v) is 11.4. The van der Waals surface area contributed by atoms with E-state index in [4.69, 9.17) is 23.8 Å². The van der Waals surface area contributed by atoms with Crippen LogP contribution >= 0.6 is 23.8 Å². The van der Waals surface area contributed by atoms with E-state index in [2.05, 4.69) is 39.6 Å². The molecule has 0 atom stereocenters. The second-order valence-electron chi connectivity index (χ2n) is 8.72. The van der Waals surface area contributed by atoms with Crippen molar-refractivity contribution in [2.75, 3.05) is 13.1 Å². The first-order valence-electron chi connectivity index (χ1n) is 10.6. The SMILES string of the molecule is CC(C)n1c(C2CCN(C(=O)C3(c4cccc(Cl)c4)CCCC3)CC2)n[nH]c1=S. The molecule has 0 bridgehead atoms. The number of carbonyl (C=O) groups is 1. The van der Waals surface area contributed by atoms with E-state index in [1.165, 1.54) is 0 Å². The van der Waals surface area contributed by atoms with Crippen LogP contribution in [0, 0.1) is 4.77 Å². The number of nitrogens with zero attached hydrogens (tertiary/aromatic N) is 3. The quantitative estimate of drug-likeness (QED) is 0.658. The molecule has 29 heavy (non-hydrogen) atoms. The van der Waals surface area contributed by atoms with E-state index >= 15 is 0 Å². The number of hydrogen-bond acceptors (Lipinski definition) is 3. The van der Waals surface area contributed by atoms with Crippen LogP contribution in [-0.4, -0.2) is 38.7 Å². The van der Waals surface area contributed by atoms with Crippen LogP contribution in [-0.2, 0) is 10.2 Å². The average molecular weight is 433 g/mol. The van der Waals surface area contributed by atoms with Crippen LogP contribution in [0.4, 0.5) is 0 Å². The van der Waals surface area contributed by atoms with Crippen LogP contribution < -0.4 is 0 Å². The van der Waals surface area contributed by atoms with E-state index in [1.54, 1.807) is 0 Å². The predicted octanol–water partition coefficient (Wildman–Crippen LogP) is 5.39. The number of carbonyl (C=O) groups excluding carboxylic acids is 1. The monoisotopic (exact) mass is 432 g/mol. The van der Waals surface area contributed by atoms with Gasteiger partial charge in [-0.2, -0.15) is 5.10 Å². The second kappa shape index (κ2) is 8.23. The molecule has 1 aromatic heterocycles. The maximum atomic E-state index is 13.7. The Morgan fingerprint density at radius 2 is 1.97 bits per heavy atom. The summed E-state index contributed by atoms with van der Waals surface area (Å²) in [5, 5.41) is 8.16. The van der Waals surface area contributed by atoms with Crippen molar-refractivity contribution in [3.63, 3.8) is 0 Å². The number of hydrogen-bond donors (Lipinski definition) is 1. The van der Waals surface area contributed by atoms with Crippen LogP contribution in [0.2, 0.25) is 5.02 Å². The van der Waals surface area contributed by atoms with E-state index in [-0.39, 0.29) is 11.9 Å². The number of rotatable bonds is 4. The summed E-state index contributed by atoms with van der Waals surface area (Å²) in [5.74, 6) is 1.64. The zero-order chi connectivity index (χ0) is 20.6. The summed E-state index contributed by atoms with van der Waals surface area (Å²) >= 11 is 11.7. The van der Waals surface area contributed by atoms with Crippen LogP contribution in [0.25, 0.3) is 0 Å². The van der Waals surface area contributed by atoms with E-state index in [0.29, 0.717) is 15.7 Å². The van der Waals surface area contributed by atoms with Gasteiger partial charge in [-0.05, 0) is 69.4 Å². The fraction of sp³-hybridized carbons (Fsp3) is 0.591. The molecule has 1 amide bonds. The topological polar surface area (TPSA) is 53.9 Å². The molecule has 1 aromatic carbocycles. The van der Waals surface area contributed by atoms with Crippen LogP contribution in [0.3, 0.4) is 0 Å². The lowest BCUT2D eigenvalue weighted by Crippen LogP contribution is -2.48. The van der Waals surface area contributed by atoms with Gasteiger partial charge in [0.2, 0.25) is 5.91 Å². The van der Waals surface area contributed by atoms with Gasteiger partial charge in [0.1, 0.15) is 5.82 Å². The predicted molar refractivity (Wildman–Crippen MR) is 118 cm³/mol. The summed E-state index contributed by atoms with van der Waals surface area (Å²) in [6.45, 7) is 5.79. The summed E-state index contributed by atoms with van der Waals surface area (Å²) in [6, 6.07) is 8.18. The Hall–Kier alpha value is -1.66. The first-order chi connectivity index (χ1) is 13.9. The zero-order valence-electron chi connectivity index (χ0n) is 17.2. The number of halogens is 1. The third-order valence-electron chi connectivity index (χ3n) is 6.64. The Kier molecular flexibility index (Phi) is 5.85. The molecule has 1 N–H and O–H groups in total. The lowest BCUT2D eigenvalue weighted by molar-refractivity contribution is -0.138. The Morgan fingerprint density at radius 1 is 1.28 bits per heavy atom. The Morgan fingerprint density at radius 3 is 2.59 bits per heavy atom. The fourth-order valence-electron chi connectivity index (χ4n) is 5.14. The van der Waals surface area contributed by atoms with Crippen LogP contribution in [0.5, 0.6) is 0 Å². The molecule has 2 heterocycles. The molecule has 1 aliphatic heterocycles. The lowest BCUT2D eigenvalue weighted by atomic mass is 9.77. The minimum absolute atomic E-state index is 0.276. The number of piperidine rings is 1. The molecule has 7 heteroatoms. The van der Waals surface area contributed by atoms with Crippen molar-refractivity contribution in [2.45, 2.75) is 69.7 Å². The molecule has 2 aliphatic rings. The third kappa shape index (κ3) is 3.77. The molecule has 2 fully saturated rings. The van der Waals surface area contributed by atoms with Crippen molar-refractivity contribution in [3.05, 3.63) is 45.4 Å². The van der Waals surface area contributed by atoms with Gasteiger partial charge in [-0.15, -0.1) is 0 Å². The molecular weight excluding hydrogens is 404 g/mol. The van der Waals surface area contributed by atoms with Gasteiger partial charge in [-0.1, -0.05) is 36.6 Å². The highest BCUT2D eigenvalue weighted by molar-refractivity contribution is 7.71.